The fraction of sp³-hybridized carbons (Fsp3) is 0.0952. The Morgan fingerprint density at radius 3 is 2.38 bits per heavy atom. The van der Waals surface area contributed by atoms with Crippen LogP contribution in [0.25, 0.3) is 0 Å². The Labute approximate surface area is 164 Å². The van der Waals surface area contributed by atoms with E-state index < -0.39 is 23.6 Å². The minimum atomic E-state index is -4.52. The van der Waals surface area contributed by atoms with Gasteiger partial charge in [-0.3, -0.25) is 14.6 Å². The van der Waals surface area contributed by atoms with E-state index in [0.717, 1.165) is 17.7 Å². The molecular formula is C21H16F3N3O2. The first-order valence-corrected chi connectivity index (χ1v) is 8.56. The summed E-state index contributed by atoms with van der Waals surface area (Å²) in [6.45, 7) is 1.84. The maximum atomic E-state index is 12.8. The van der Waals surface area contributed by atoms with Gasteiger partial charge in [0.05, 0.1) is 5.56 Å². The number of nitrogens with one attached hydrogen (secondary N) is 2. The van der Waals surface area contributed by atoms with Gasteiger partial charge in [0.15, 0.2) is 0 Å². The number of hydrogen-bond donors (Lipinski definition) is 2. The van der Waals surface area contributed by atoms with Crippen LogP contribution in [-0.2, 0) is 6.18 Å². The van der Waals surface area contributed by atoms with Crippen LogP contribution >= 0.6 is 0 Å². The van der Waals surface area contributed by atoms with Gasteiger partial charge in [0.25, 0.3) is 11.8 Å². The Morgan fingerprint density at radius 2 is 1.66 bits per heavy atom. The number of para-hydroxylation sites is 1. The molecule has 8 heteroatoms. The Kier molecular flexibility index (Phi) is 5.63. The van der Waals surface area contributed by atoms with Gasteiger partial charge in [0.2, 0.25) is 0 Å². The third kappa shape index (κ3) is 4.98. The highest BCUT2D eigenvalue weighted by Gasteiger charge is 2.30. The molecule has 1 heterocycles. The second-order valence-electron chi connectivity index (χ2n) is 6.23. The van der Waals surface area contributed by atoms with Crippen molar-refractivity contribution in [2.45, 2.75) is 13.1 Å². The molecule has 0 fully saturated rings. The highest BCUT2D eigenvalue weighted by Crippen LogP contribution is 2.30. The minimum absolute atomic E-state index is 0.00458. The number of amides is 2. The number of aryl methyl sites for hydroxylation is 1. The largest absolute Gasteiger partial charge is 0.416 e. The predicted octanol–water partition coefficient (Wildman–Crippen LogP) is 4.91. The normalized spacial score (nSPS) is 11.0. The number of anilines is 2. The molecule has 5 nitrogen and oxygen atoms in total. The minimum Gasteiger partial charge on any atom is -0.322 e. The zero-order valence-electron chi connectivity index (χ0n) is 15.2. The van der Waals surface area contributed by atoms with Gasteiger partial charge in [-0.05, 0) is 48.9 Å². The lowest BCUT2D eigenvalue weighted by atomic mass is 10.1. The van der Waals surface area contributed by atoms with Crippen molar-refractivity contribution in [1.29, 1.82) is 0 Å². The average Bonchev–Trinajstić information content (AvgIpc) is 2.69. The maximum Gasteiger partial charge on any atom is 0.416 e. The fourth-order valence-electron chi connectivity index (χ4n) is 2.57. The van der Waals surface area contributed by atoms with Crippen LogP contribution in [0.2, 0.25) is 0 Å². The van der Waals surface area contributed by atoms with Crippen LogP contribution in [0.3, 0.4) is 0 Å². The lowest BCUT2D eigenvalue weighted by molar-refractivity contribution is -0.137. The number of carbonyl (C=O) groups excluding carboxylic acids is 2. The van der Waals surface area contributed by atoms with Crippen molar-refractivity contribution in [2.75, 3.05) is 10.6 Å². The lowest BCUT2D eigenvalue weighted by Gasteiger charge is -2.11. The van der Waals surface area contributed by atoms with E-state index in [2.05, 4.69) is 15.6 Å². The standard InChI is InChI=1S/C21H16F3N3O2/c1-13-5-2-3-8-17(13)27-20(29)18-11-14(9-10-25-18)19(28)26-16-7-4-6-15(12-16)21(22,23)24/h2-12H,1H3,(H,26,28)(H,27,29). The first-order chi connectivity index (χ1) is 13.7. The number of hydrogen-bond acceptors (Lipinski definition) is 3. The second-order valence-corrected chi connectivity index (χ2v) is 6.23. The average molecular weight is 399 g/mol. The molecule has 0 atom stereocenters. The molecule has 0 saturated heterocycles. The molecule has 0 unspecified atom stereocenters. The zero-order valence-corrected chi connectivity index (χ0v) is 15.2. The Bertz CT molecular complexity index is 1060. The van der Waals surface area contributed by atoms with E-state index in [1.807, 2.05) is 19.1 Å². The molecule has 0 radical (unpaired) electrons. The Hall–Kier alpha value is -3.68. The molecule has 1 aromatic heterocycles. The molecule has 3 aromatic rings. The first-order valence-electron chi connectivity index (χ1n) is 8.56. The topological polar surface area (TPSA) is 71.1 Å². The number of pyridine rings is 1. The molecule has 2 amide bonds. The molecule has 0 aliphatic rings. The highest BCUT2D eigenvalue weighted by atomic mass is 19.4. The summed E-state index contributed by atoms with van der Waals surface area (Å²) < 4.78 is 38.4. The summed E-state index contributed by atoms with van der Waals surface area (Å²) in [7, 11) is 0. The molecule has 2 N–H and O–H groups in total. The number of benzene rings is 2. The molecule has 0 aliphatic heterocycles. The van der Waals surface area contributed by atoms with Crippen LogP contribution in [0.15, 0.2) is 66.9 Å². The van der Waals surface area contributed by atoms with Gasteiger partial charge in [-0.1, -0.05) is 24.3 Å². The van der Waals surface area contributed by atoms with Crippen LogP contribution in [0.5, 0.6) is 0 Å². The first kappa shape index (κ1) is 20.1. The van der Waals surface area contributed by atoms with Gasteiger partial charge in [-0.2, -0.15) is 13.2 Å². The third-order valence-electron chi connectivity index (χ3n) is 4.10. The highest BCUT2D eigenvalue weighted by molar-refractivity contribution is 6.08. The monoisotopic (exact) mass is 399 g/mol. The van der Waals surface area contributed by atoms with Crippen LogP contribution < -0.4 is 10.6 Å². The van der Waals surface area contributed by atoms with E-state index in [4.69, 9.17) is 0 Å². The molecule has 0 spiro atoms. The van der Waals surface area contributed by atoms with Crippen molar-refractivity contribution in [1.82, 2.24) is 4.98 Å². The number of alkyl halides is 3. The van der Waals surface area contributed by atoms with Crippen molar-refractivity contribution in [2.24, 2.45) is 0 Å². The van der Waals surface area contributed by atoms with Crippen LogP contribution in [0.4, 0.5) is 24.5 Å². The molecule has 148 valence electrons. The van der Waals surface area contributed by atoms with Gasteiger partial charge >= 0.3 is 6.18 Å². The van der Waals surface area contributed by atoms with Crippen molar-refractivity contribution in [3.05, 3.63) is 89.2 Å². The molecule has 3 rings (SSSR count). The SMILES string of the molecule is Cc1ccccc1NC(=O)c1cc(C(=O)Nc2cccc(C(F)(F)F)c2)ccn1. The Morgan fingerprint density at radius 1 is 0.897 bits per heavy atom. The molecule has 0 bridgehead atoms. The van der Waals surface area contributed by atoms with Gasteiger partial charge < -0.3 is 10.6 Å². The summed E-state index contributed by atoms with van der Waals surface area (Å²) in [6.07, 6.45) is -3.23. The van der Waals surface area contributed by atoms with E-state index in [-0.39, 0.29) is 16.9 Å². The summed E-state index contributed by atoms with van der Waals surface area (Å²) in [5.41, 5.74) is 0.686. The van der Waals surface area contributed by atoms with Gasteiger partial charge in [-0.25, -0.2) is 0 Å². The summed E-state index contributed by atoms with van der Waals surface area (Å²) in [5.74, 6) is -1.16. The fourth-order valence-corrected chi connectivity index (χ4v) is 2.57. The Balaban J connectivity index is 1.76. The molecular weight excluding hydrogens is 383 g/mol. The number of nitrogens with zero attached hydrogens (tertiary/aromatic N) is 1. The van der Waals surface area contributed by atoms with E-state index in [0.29, 0.717) is 5.69 Å². The smallest absolute Gasteiger partial charge is 0.322 e. The predicted molar refractivity (Wildman–Crippen MR) is 103 cm³/mol. The van der Waals surface area contributed by atoms with Gasteiger partial charge in [0, 0.05) is 23.1 Å². The van der Waals surface area contributed by atoms with Crippen LogP contribution in [-0.4, -0.2) is 16.8 Å². The molecule has 2 aromatic carbocycles. The summed E-state index contributed by atoms with van der Waals surface area (Å²) in [5, 5.41) is 5.11. The van der Waals surface area contributed by atoms with Crippen LogP contribution in [0, 0.1) is 6.92 Å². The lowest BCUT2D eigenvalue weighted by Crippen LogP contribution is -2.17. The molecule has 0 aliphatic carbocycles. The molecule has 29 heavy (non-hydrogen) atoms. The maximum absolute atomic E-state index is 12.8. The third-order valence-corrected chi connectivity index (χ3v) is 4.10. The van der Waals surface area contributed by atoms with Crippen molar-refractivity contribution in [3.8, 4) is 0 Å². The van der Waals surface area contributed by atoms with E-state index in [1.54, 1.807) is 12.1 Å². The number of rotatable bonds is 4. The number of halogens is 3. The van der Waals surface area contributed by atoms with Crippen LogP contribution in [0.1, 0.15) is 32.0 Å². The van der Waals surface area contributed by atoms with Crippen molar-refractivity contribution >= 4 is 23.2 Å². The molecule has 0 saturated carbocycles. The van der Waals surface area contributed by atoms with E-state index in [9.17, 15) is 22.8 Å². The zero-order chi connectivity index (χ0) is 21.0. The second kappa shape index (κ2) is 8.14. The van der Waals surface area contributed by atoms with Crippen molar-refractivity contribution < 1.29 is 22.8 Å². The van der Waals surface area contributed by atoms with E-state index >= 15 is 0 Å². The number of aromatic nitrogens is 1. The quantitative estimate of drug-likeness (QED) is 0.655. The van der Waals surface area contributed by atoms with E-state index in [1.165, 1.54) is 30.5 Å². The summed E-state index contributed by atoms with van der Waals surface area (Å²) >= 11 is 0. The van der Waals surface area contributed by atoms with Gasteiger partial charge in [0.1, 0.15) is 5.69 Å². The van der Waals surface area contributed by atoms with Gasteiger partial charge in [-0.15, -0.1) is 0 Å². The number of carbonyl (C=O) groups is 2. The summed E-state index contributed by atoms with van der Waals surface area (Å²) in [6, 6.07) is 14.1. The summed E-state index contributed by atoms with van der Waals surface area (Å²) in [4.78, 5) is 28.8. The van der Waals surface area contributed by atoms with Crippen molar-refractivity contribution in [3.63, 3.8) is 0 Å².